The molecule has 0 atom stereocenters. The number of aryl methyl sites for hydroxylation is 1. The highest BCUT2D eigenvalue weighted by Gasteiger charge is 2.32. The molecule has 5 rings (SSSR count). The van der Waals surface area contributed by atoms with Gasteiger partial charge in [-0.2, -0.15) is 10.4 Å². The van der Waals surface area contributed by atoms with Crippen molar-refractivity contribution in [3.63, 3.8) is 0 Å². The number of carbonyl (C=O) groups is 1. The van der Waals surface area contributed by atoms with E-state index in [1.54, 1.807) is 0 Å². The standard InChI is InChI=1S/C27H32N6O/c1-18-24-22(15-23(21-9-10-21)29-25(24)33(30-18)27(2,3)4)26(34)32-13-11-31(12-14-32)17-20-7-5-19(16-28)6-8-20/h5-8,15,21H,9-14,17H2,1-4H3. The summed E-state index contributed by atoms with van der Waals surface area (Å²) < 4.78 is 1.98. The summed E-state index contributed by atoms with van der Waals surface area (Å²) in [6, 6.07) is 11.9. The maximum atomic E-state index is 13.8. The molecule has 1 aromatic carbocycles. The normalized spacial score (nSPS) is 17.2. The van der Waals surface area contributed by atoms with Crippen molar-refractivity contribution in [3.05, 3.63) is 58.4 Å². The number of carbonyl (C=O) groups excluding carboxylic acids is 1. The summed E-state index contributed by atoms with van der Waals surface area (Å²) >= 11 is 0. The zero-order valence-corrected chi connectivity index (χ0v) is 20.5. The summed E-state index contributed by atoms with van der Waals surface area (Å²) in [4.78, 5) is 23.1. The van der Waals surface area contributed by atoms with E-state index in [2.05, 4.69) is 31.7 Å². The Morgan fingerprint density at radius 1 is 1.12 bits per heavy atom. The van der Waals surface area contributed by atoms with Gasteiger partial charge in [-0.25, -0.2) is 9.67 Å². The van der Waals surface area contributed by atoms with Crippen LogP contribution in [-0.4, -0.2) is 56.7 Å². The monoisotopic (exact) mass is 456 g/mol. The smallest absolute Gasteiger partial charge is 0.254 e. The van der Waals surface area contributed by atoms with Crippen LogP contribution in [0.2, 0.25) is 0 Å². The second kappa shape index (κ2) is 8.52. The highest BCUT2D eigenvalue weighted by atomic mass is 16.2. The average Bonchev–Trinajstić information content (AvgIpc) is 3.62. The Hall–Kier alpha value is -3.24. The van der Waals surface area contributed by atoms with Crippen molar-refractivity contribution in [2.45, 2.75) is 58.5 Å². The first-order valence-corrected chi connectivity index (χ1v) is 12.2. The number of hydrogen-bond acceptors (Lipinski definition) is 5. The minimum Gasteiger partial charge on any atom is -0.336 e. The third-order valence-electron chi connectivity index (χ3n) is 6.84. The molecular weight excluding hydrogens is 424 g/mol. The molecule has 1 saturated heterocycles. The van der Waals surface area contributed by atoms with Gasteiger partial charge in [-0.3, -0.25) is 9.69 Å². The van der Waals surface area contributed by atoms with E-state index in [-0.39, 0.29) is 11.4 Å². The van der Waals surface area contributed by atoms with Gasteiger partial charge >= 0.3 is 0 Å². The molecule has 7 nitrogen and oxygen atoms in total. The molecule has 0 N–H and O–H groups in total. The minimum atomic E-state index is -0.209. The van der Waals surface area contributed by atoms with Crippen molar-refractivity contribution in [2.24, 2.45) is 0 Å². The second-order valence-electron chi connectivity index (χ2n) is 10.6. The van der Waals surface area contributed by atoms with Gasteiger partial charge in [-0.05, 0) is 64.3 Å². The molecule has 1 aliphatic heterocycles. The van der Waals surface area contributed by atoms with Crippen molar-refractivity contribution < 1.29 is 4.79 Å². The van der Waals surface area contributed by atoms with Crippen molar-refractivity contribution in [1.29, 1.82) is 5.26 Å². The summed E-state index contributed by atoms with van der Waals surface area (Å²) in [7, 11) is 0. The molecule has 2 fully saturated rings. The van der Waals surface area contributed by atoms with Crippen LogP contribution < -0.4 is 0 Å². The van der Waals surface area contributed by atoms with E-state index >= 15 is 0 Å². The highest BCUT2D eigenvalue weighted by molar-refractivity contribution is 6.06. The van der Waals surface area contributed by atoms with Crippen LogP contribution >= 0.6 is 0 Å². The van der Waals surface area contributed by atoms with Crippen molar-refractivity contribution in [3.8, 4) is 6.07 Å². The van der Waals surface area contributed by atoms with Crippen LogP contribution in [0.4, 0.5) is 0 Å². The lowest BCUT2D eigenvalue weighted by Gasteiger charge is -2.35. The van der Waals surface area contributed by atoms with Crippen molar-refractivity contribution in [2.75, 3.05) is 26.2 Å². The van der Waals surface area contributed by atoms with Gasteiger partial charge in [-0.1, -0.05) is 12.1 Å². The molecule has 3 aromatic rings. The van der Waals surface area contributed by atoms with Crippen LogP contribution in [0.1, 0.15) is 72.4 Å². The van der Waals surface area contributed by atoms with Gasteiger partial charge in [0.05, 0.1) is 33.8 Å². The molecule has 2 aliphatic rings. The van der Waals surface area contributed by atoms with Crippen LogP contribution in [-0.2, 0) is 12.1 Å². The lowest BCUT2D eigenvalue weighted by Crippen LogP contribution is -2.48. The molecule has 0 radical (unpaired) electrons. The third kappa shape index (κ3) is 4.30. The number of nitrogens with zero attached hydrogens (tertiary/aromatic N) is 6. The molecule has 1 aliphatic carbocycles. The number of rotatable bonds is 4. The molecule has 0 spiro atoms. The van der Waals surface area contributed by atoms with Crippen molar-refractivity contribution in [1.82, 2.24) is 24.6 Å². The summed E-state index contributed by atoms with van der Waals surface area (Å²) in [6.07, 6.45) is 2.28. The number of hydrogen-bond donors (Lipinski definition) is 0. The molecular formula is C27H32N6O. The van der Waals surface area contributed by atoms with Crippen LogP contribution in [0.15, 0.2) is 30.3 Å². The maximum absolute atomic E-state index is 13.8. The summed E-state index contributed by atoms with van der Waals surface area (Å²) in [5.74, 6) is 0.549. The number of benzene rings is 1. The Labute approximate surface area is 201 Å². The Bertz CT molecular complexity index is 1270. The SMILES string of the molecule is Cc1nn(C(C)(C)C)c2nc(C3CC3)cc(C(=O)N3CCN(Cc4ccc(C#N)cc4)CC3)c12. The molecule has 7 heteroatoms. The molecule has 0 bridgehead atoms. The fourth-order valence-electron chi connectivity index (χ4n) is 4.76. The fourth-order valence-corrected chi connectivity index (χ4v) is 4.76. The topological polar surface area (TPSA) is 78.1 Å². The molecule has 1 amide bonds. The second-order valence-corrected chi connectivity index (χ2v) is 10.6. The van der Waals surface area contributed by atoms with Crippen LogP contribution in [0.5, 0.6) is 0 Å². The number of aromatic nitrogens is 3. The van der Waals surface area contributed by atoms with Crippen LogP contribution in [0, 0.1) is 18.3 Å². The van der Waals surface area contributed by atoms with Gasteiger partial charge < -0.3 is 4.90 Å². The molecule has 2 aromatic heterocycles. The van der Waals surface area contributed by atoms with E-state index in [4.69, 9.17) is 15.3 Å². The predicted octanol–water partition coefficient (Wildman–Crippen LogP) is 4.20. The number of pyridine rings is 1. The number of nitriles is 1. The van der Waals surface area contributed by atoms with Crippen molar-refractivity contribution >= 4 is 16.9 Å². The largest absolute Gasteiger partial charge is 0.336 e. The molecule has 3 heterocycles. The zero-order chi connectivity index (χ0) is 24.0. The van der Waals surface area contributed by atoms with E-state index in [9.17, 15) is 4.79 Å². The Balaban J connectivity index is 1.37. The summed E-state index contributed by atoms with van der Waals surface area (Å²) in [5, 5.41) is 14.7. The Kier molecular flexibility index (Phi) is 5.65. The lowest BCUT2D eigenvalue weighted by atomic mass is 10.0. The quantitative estimate of drug-likeness (QED) is 0.588. The van der Waals surface area contributed by atoms with Crippen LogP contribution in [0.3, 0.4) is 0 Å². The summed E-state index contributed by atoms with van der Waals surface area (Å²) in [5.41, 5.74) is 5.13. The molecule has 1 saturated carbocycles. The van der Waals surface area contributed by atoms with E-state index < -0.39 is 0 Å². The molecule has 34 heavy (non-hydrogen) atoms. The zero-order valence-electron chi connectivity index (χ0n) is 20.5. The third-order valence-corrected chi connectivity index (χ3v) is 6.84. The first kappa shape index (κ1) is 22.5. The van der Waals surface area contributed by atoms with E-state index in [0.717, 1.165) is 60.5 Å². The lowest BCUT2D eigenvalue weighted by molar-refractivity contribution is 0.0630. The first-order chi connectivity index (χ1) is 16.2. The Morgan fingerprint density at radius 2 is 1.79 bits per heavy atom. The van der Waals surface area contributed by atoms with Gasteiger partial charge in [0, 0.05) is 44.3 Å². The van der Waals surface area contributed by atoms with E-state index in [1.165, 1.54) is 5.56 Å². The first-order valence-electron chi connectivity index (χ1n) is 12.2. The van der Waals surface area contributed by atoms with E-state index in [1.807, 2.05) is 46.8 Å². The number of amides is 1. The fraction of sp³-hybridized carbons (Fsp3) is 0.481. The van der Waals surface area contributed by atoms with Gasteiger partial charge in [0.2, 0.25) is 0 Å². The minimum absolute atomic E-state index is 0.0869. The maximum Gasteiger partial charge on any atom is 0.254 e. The number of fused-ring (bicyclic) bond motifs is 1. The van der Waals surface area contributed by atoms with E-state index in [0.29, 0.717) is 24.6 Å². The van der Waals surface area contributed by atoms with Gasteiger partial charge in [0.15, 0.2) is 5.65 Å². The average molecular weight is 457 g/mol. The van der Waals surface area contributed by atoms with Gasteiger partial charge in [0.1, 0.15) is 0 Å². The molecule has 0 unspecified atom stereocenters. The predicted molar refractivity (Wildman–Crippen MR) is 132 cm³/mol. The molecule has 176 valence electrons. The highest BCUT2D eigenvalue weighted by Crippen LogP contribution is 2.41. The van der Waals surface area contributed by atoms with Crippen LogP contribution in [0.25, 0.3) is 11.0 Å². The summed E-state index contributed by atoms with van der Waals surface area (Å²) in [6.45, 7) is 12.2. The van der Waals surface area contributed by atoms with Gasteiger partial charge in [0.25, 0.3) is 5.91 Å². The number of piperazine rings is 1. The Morgan fingerprint density at radius 3 is 2.38 bits per heavy atom. The van der Waals surface area contributed by atoms with Gasteiger partial charge in [-0.15, -0.1) is 0 Å².